The molecule has 2 unspecified atom stereocenters. The van der Waals surface area contributed by atoms with Gasteiger partial charge in [-0.15, -0.1) is 0 Å². The molecule has 0 bridgehead atoms. The normalized spacial score (nSPS) is 24.3. The predicted molar refractivity (Wildman–Crippen MR) is 74.7 cm³/mol. The monoisotopic (exact) mass is 342 g/mol. The van der Waals surface area contributed by atoms with Gasteiger partial charge in [0.1, 0.15) is 12.1 Å². The largest absolute Gasteiger partial charge is 0.392 e. The topological polar surface area (TPSA) is 137 Å². The third-order valence-corrected chi connectivity index (χ3v) is 3.48. The summed E-state index contributed by atoms with van der Waals surface area (Å²) in [5.74, 6) is -2.94. The van der Waals surface area contributed by atoms with Crippen molar-refractivity contribution in [1.82, 2.24) is 10.8 Å². The minimum absolute atomic E-state index is 0.0870. The minimum atomic E-state index is -0.802. The van der Waals surface area contributed by atoms with E-state index >= 15 is 0 Å². The van der Waals surface area contributed by atoms with Gasteiger partial charge in [0.25, 0.3) is 0 Å². The van der Waals surface area contributed by atoms with E-state index in [9.17, 15) is 24.0 Å². The van der Waals surface area contributed by atoms with Gasteiger partial charge >= 0.3 is 23.9 Å². The Morgan fingerprint density at radius 3 is 2.17 bits per heavy atom. The van der Waals surface area contributed by atoms with E-state index in [0.717, 1.165) is 0 Å². The molecule has 0 aliphatic carbocycles. The highest BCUT2D eigenvalue weighted by atomic mass is 16.7. The Hall–Kier alpha value is -2.33. The molecule has 2 atom stereocenters. The van der Waals surface area contributed by atoms with Crippen LogP contribution in [0.25, 0.3) is 0 Å². The zero-order chi connectivity index (χ0) is 17.5. The lowest BCUT2D eigenvalue weighted by Crippen LogP contribution is -2.45. The van der Waals surface area contributed by atoms with Crippen LogP contribution in [0.15, 0.2) is 0 Å². The third-order valence-electron chi connectivity index (χ3n) is 3.48. The molecule has 0 aromatic heterocycles. The number of hydrogen-bond donors (Lipinski definition) is 2. The van der Waals surface area contributed by atoms with E-state index in [2.05, 4.69) is 20.3 Å². The highest BCUT2D eigenvalue weighted by molar-refractivity contribution is 5.93. The SMILES string of the molecule is O=C(CCCONC1CCC(=O)OC1=O)NC1CCC(=O)OC1=O. The van der Waals surface area contributed by atoms with E-state index in [1.165, 1.54) is 0 Å². The molecule has 0 aromatic rings. The van der Waals surface area contributed by atoms with Crippen molar-refractivity contribution in [3.8, 4) is 0 Å². The number of hydroxylamine groups is 1. The maximum Gasteiger partial charge on any atom is 0.336 e. The van der Waals surface area contributed by atoms with Gasteiger partial charge < -0.3 is 19.6 Å². The summed E-state index contributed by atoms with van der Waals surface area (Å²) in [6.45, 7) is 0.152. The van der Waals surface area contributed by atoms with Gasteiger partial charge in [0.05, 0.1) is 6.61 Å². The van der Waals surface area contributed by atoms with E-state index in [1.54, 1.807) is 0 Å². The number of carbonyl (C=O) groups is 5. The third kappa shape index (κ3) is 5.39. The smallest absolute Gasteiger partial charge is 0.336 e. The fraction of sp³-hybridized carbons (Fsp3) is 0.643. The average molecular weight is 342 g/mol. The van der Waals surface area contributed by atoms with Crippen LogP contribution in [-0.2, 0) is 38.3 Å². The van der Waals surface area contributed by atoms with Crippen LogP contribution >= 0.6 is 0 Å². The molecule has 2 heterocycles. The lowest BCUT2D eigenvalue weighted by atomic mass is 10.1. The first-order chi connectivity index (χ1) is 11.5. The second kappa shape index (κ2) is 8.50. The number of hydrogen-bond acceptors (Lipinski definition) is 9. The molecule has 2 fully saturated rings. The van der Waals surface area contributed by atoms with Crippen molar-refractivity contribution in [2.45, 2.75) is 50.6 Å². The van der Waals surface area contributed by atoms with Gasteiger partial charge in [-0.1, -0.05) is 0 Å². The molecule has 0 aromatic carbocycles. The Labute approximate surface area is 137 Å². The first-order valence-electron chi connectivity index (χ1n) is 7.61. The average Bonchev–Trinajstić information content (AvgIpc) is 2.51. The number of ether oxygens (including phenoxy) is 2. The van der Waals surface area contributed by atoms with Crippen LogP contribution in [0.5, 0.6) is 0 Å². The van der Waals surface area contributed by atoms with Gasteiger partial charge in [0, 0.05) is 19.3 Å². The molecule has 2 saturated heterocycles. The van der Waals surface area contributed by atoms with Crippen molar-refractivity contribution in [3.05, 3.63) is 0 Å². The van der Waals surface area contributed by atoms with Gasteiger partial charge in [-0.2, -0.15) is 5.48 Å². The van der Waals surface area contributed by atoms with Crippen molar-refractivity contribution in [2.75, 3.05) is 6.61 Å². The zero-order valence-electron chi connectivity index (χ0n) is 12.9. The summed E-state index contributed by atoms with van der Waals surface area (Å²) >= 11 is 0. The highest BCUT2D eigenvalue weighted by Crippen LogP contribution is 2.10. The number of carbonyl (C=O) groups excluding carboxylic acids is 5. The lowest BCUT2D eigenvalue weighted by Gasteiger charge is -2.21. The summed E-state index contributed by atoms with van der Waals surface area (Å²) in [4.78, 5) is 61.3. The molecule has 1 amide bonds. The number of amides is 1. The molecular formula is C14H18N2O8. The lowest BCUT2D eigenvalue weighted by molar-refractivity contribution is -0.169. The van der Waals surface area contributed by atoms with Crippen LogP contribution in [0.1, 0.15) is 38.5 Å². The standard InChI is InChI=1S/C14H18N2O8/c17-10(15-8-3-5-11(18)23-13(8)20)2-1-7-22-16-9-4-6-12(19)24-14(9)21/h8-9,16H,1-7H2,(H,15,17). The van der Waals surface area contributed by atoms with Crippen LogP contribution in [0.2, 0.25) is 0 Å². The molecular weight excluding hydrogens is 324 g/mol. The van der Waals surface area contributed by atoms with E-state index in [1.807, 2.05) is 0 Å². The fourth-order valence-corrected chi connectivity index (χ4v) is 2.20. The van der Waals surface area contributed by atoms with E-state index in [4.69, 9.17) is 4.84 Å². The molecule has 0 saturated carbocycles. The van der Waals surface area contributed by atoms with Crippen molar-refractivity contribution in [2.24, 2.45) is 0 Å². The van der Waals surface area contributed by atoms with Gasteiger partial charge in [0.15, 0.2) is 0 Å². The van der Waals surface area contributed by atoms with Crippen LogP contribution < -0.4 is 10.8 Å². The summed E-state index contributed by atoms with van der Waals surface area (Å²) in [7, 11) is 0. The fourth-order valence-electron chi connectivity index (χ4n) is 2.20. The molecule has 0 radical (unpaired) electrons. The Morgan fingerprint density at radius 2 is 1.58 bits per heavy atom. The van der Waals surface area contributed by atoms with Crippen LogP contribution in [-0.4, -0.2) is 48.5 Å². The van der Waals surface area contributed by atoms with Gasteiger partial charge in [-0.25, -0.2) is 9.59 Å². The van der Waals surface area contributed by atoms with Gasteiger partial charge in [-0.3, -0.25) is 14.4 Å². The quantitative estimate of drug-likeness (QED) is 0.255. The summed E-state index contributed by atoms with van der Waals surface area (Å²) in [6.07, 6.45) is 1.19. The molecule has 24 heavy (non-hydrogen) atoms. The number of rotatable bonds is 7. The van der Waals surface area contributed by atoms with Crippen molar-refractivity contribution < 1.29 is 38.3 Å². The van der Waals surface area contributed by atoms with Crippen molar-refractivity contribution >= 4 is 29.8 Å². The van der Waals surface area contributed by atoms with E-state index in [-0.39, 0.29) is 38.2 Å². The highest BCUT2D eigenvalue weighted by Gasteiger charge is 2.30. The molecule has 10 heteroatoms. The van der Waals surface area contributed by atoms with E-state index < -0.39 is 36.0 Å². The Morgan fingerprint density at radius 1 is 1.00 bits per heavy atom. The molecule has 2 aliphatic heterocycles. The summed E-state index contributed by atoms with van der Waals surface area (Å²) in [5.41, 5.74) is 2.49. The maximum absolute atomic E-state index is 11.7. The molecule has 0 spiro atoms. The van der Waals surface area contributed by atoms with Gasteiger partial charge in [-0.05, 0) is 19.3 Å². The zero-order valence-corrected chi connectivity index (χ0v) is 12.9. The van der Waals surface area contributed by atoms with Crippen LogP contribution in [0.4, 0.5) is 0 Å². The van der Waals surface area contributed by atoms with Crippen LogP contribution in [0, 0.1) is 0 Å². The molecule has 2 rings (SSSR count). The van der Waals surface area contributed by atoms with Crippen molar-refractivity contribution in [3.63, 3.8) is 0 Å². The van der Waals surface area contributed by atoms with Crippen LogP contribution in [0.3, 0.4) is 0 Å². The summed E-state index contributed by atoms with van der Waals surface area (Å²) < 4.78 is 8.88. The number of cyclic esters (lactones) is 4. The van der Waals surface area contributed by atoms with Crippen molar-refractivity contribution in [1.29, 1.82) is 0 Å². The van der Waals surface area contributed by atoms with E-state index in [0.29, 0.717) is 12.8 Å². The Kier molecular flexibility index (Phi) is 6.38. The predicted octanol–water partition coefficient (Wildman–Crippen LogP) is -1.13. The number of esters is 4. The first kappa shape index (κ1) is 18.0. The Balaban J connectivity index is 1.56. The minimum Gasteiger partial charge on any atom is -0.392 e. The van der Waals surface area contributed by atoms with Gasteiger partial charge in [0.2, 0.25) is 5.91 Å². The number of nitrogens with one attached hydrogen (secondary N) is 2. The molecule has 10 nitrogen and oxygen atoms in total. The molecule has 2 aliphatic rings. The Bertz CT molecular complexity index is 547. The molecule has 132 valence electrons. The maximum atomic E-state index is 11.7. The second-order valence-electron chi connectivity index (χ2n) is 5.41. The molecule has 2 N–H and O–H groups in total. The first-order valence-corrected chi connectivity index (χ1v) is 7.61. The second-order valence-corrected chi connectivity index (χ2v) is 5.41. The summed E-state index contributed by atoms with van der Waals surface area (Å²) in [5, 5.41) is 2.49. The summed E-state index contributed by atoms with van der Waals surface area (Å²) in [6, 6.07) is -1.50.